The van der Waals surface area contributed by atoms with Gasteiger partial charge in [-0.1, -0.05) is 33.7 Å². The van der Waals surface area contributed by atoms with Crippen molar-refractivity contribution >= 4 is 56.4 Å². The SMILES string of the molecule is Cc1cc(=O)c2c(O)c3c(cc2o1)O[C@@]1(C)CCSSCc2c(cc(C[NH+]4C=C5N=CC=C5C4)nc2N)-c2cc(cc(N)n2)CC[C@H]2O[C@]24C(=O)O[C@@H]1[C@H]3[C@H]1C=C[C@@H]4CC1. The Morgan fingerprint density at radius 2 is 1.93 bits per heavy atom. The fourth-order valence-electron chi connectivity index (χ4n) is 10.5. The Morgan fingerprint density at radius 1 is 1.05 bits per heavy atom. The number of aromatic nitrogens is 2. The van der Waals surface area contributed by atoms with E-state index in [1.165, 1.54) is 16.5 Å². The molecular formula is C45H45N6O7S2+. The maximum absolute atomic E-state index is 14.8. The zero-order valence-corrected chi connectivity index (χ0v) is 34.9. The van der Waals surface area contributed by atoms with Gasteiger partial charge in [-0.25, -0.2) is 14.8 Å². The summed E-state index contributed by atoms with van der Waals surface area (Å²) in [5.74, 6) is 1.51. The summed E-state index contributed by atoms with van der Waals surface area (Å²) < 4.78 is 26.2. The molecule has 2 fully saturated rings. The van der Waals surface area contributed by atoms with Gasteiger partial charge in [0.2, 0.25) is 0 Å². The fraction of sp³-hybridized carbons (Fsp3) is 0.400. The van der Waals surface area contributed by atoms with E-state index in [9.17, 15) is 14.7 Å². The molecule has 7 aliphatic heterocycles. The van der Waals surface area contributed by atoms with Gasteiger partial charge in [0.05, 0.1) is 17.5 Å². The molecule has 3 aromatic heterocycles. The number of carbonyl (C=O) groups excluding carboxylic acids is 1. The molecule has 8 aliphatic rings. The third kappa shape index (κ3) is 6.10. The monoisotopic (exact) mass is 845 g/mol. The maximum atomic E-state index is 14.8. The molecule has 1 aliphatic carbocycles. The molecule has 15 heteroatoms. The molecule has 1 spiro atoms. The quantitative estimate of drug-likeness (QED) is 0.0860. The number of aliphatic imine (C=N–C) groups is 1. The molecule has 6 bridgehead atoms. The Morgan fingerprint density at radius 3 is 2.77 bits per heavy atom. The summed E-state index contributed by atoms with van der Waals surface area (Å²) in [4.78, 5) is 43.6. The molecule has 308 valence electrons. The third-order valence-corrected chi connectivity index (χ3v) is 15.8. The number of aromatic hydroxyl groups is 1. The summed E-state index contributed by atoms with van der Waals surface area (Å²) in [5, 5.41) is 12.1. The highest BCUT2D eigenvalue weighted by molar-refractivity contribution is 8.76. The first-order chi connectivity index (χ1) is 29.0. The van der Waals surface area contributed by atoms with Crippen LogP contribution in [0.1, 0.15) is 66.7 Å². The molecule has 8 atom stereocenters. The molecule has 13 nitrogen and oxygen atoms in total. The maximum Gasteiger partial charge on any atom is 0.342 e. The van der Waals surface area contributed by atoms with Gasteiger partial charge in [-0.05, 0) is 75.3 Å². The number of pyridine rings is 2. The van der Waals surface area contributed by atoms with Gasteiger partial charge in [0, 0.05) is 70.4 Å². The highest BCUT2D eigenvalue weighted by atomic mass is 33.1. The number of epoxide rings is 1. The molecule has 1 aromatic carbocycles. The highest BCUT2D eigenvalue weighted by Crippen LogP contribution is 2.59. The van der Waals surface area contributed by atoms with Crippen LogP contribution in [0.15, 0.2) is 80.2 Å². The Balaban J connectivity index is 0.986. The summed E-state index contributed by atoms with van der Waals surface area (Å²) in [5.41, 5.74) is 18.1. The molecule has 6 N–H and O–H groups in total. The molecule has 1 unspecified atom stereocenters. The number of quaternary nitrogens is 1. The van der Waals surface area contributed by atoms with Crippen LogP contribution < -0.4 is 26.5 Å². The number of anilines is 2. The number of rotatable bonds is 2. The minimum absolute atomic E-state index is 0.0926. The number of fused-ring (bicyclic) bond motifs is 8. The predicted molar refractivity (Wildman–Crippen MR) is 231 cm³/mol. The van der Waals surface area contributed by atoms with E-state index in [1.54, 1.807) is 34.6 Å². The van der Waals surface area contributed by atoms with Crippen molar-refractivity contribution in [1.29, 1.82) is 0 Å². The average molecular weight is 846 g/mol. The molecule has 10 heterocycles. The van der Waals surface area contributed by atoms with Crippen molar-refractivity contribution < 1.29 is 33.4 Å². The zero-order valence-electron chi connectivity index (χ0n) is 33.2. The van der Waals surface area contributed by atoms with Crippen molar-refractivity contribution in [1.82, 2.24) is 9.97 Å². The summed E-state index contributed by atoms with van der Waals surface area (Å²) in [7, 11) is 3.33. The predicted octanol–water partition coefficient (Wildman–Crippen LogP) is 5.48. The molecule has 2 saturated heterocycles. The van der Waals surface area contributed by atoms with Crippen LogP contribution in [-0.4, -0.2) is 63.0 Å². The van der Waals surface area contributed by atoms with Crippen molar-refractivity contribution in [3.63, 3.8) is 0 Å². The van der Waals surface area contributed by atoms with Crippen molar-refractivity contribution in [3.8, 4) is 22.8 Å². The van der Waals surface area contributed by atoms with Crippen molar-refractivity contribution in [2.24, 2.45) is 16.8 Å². The molecule has 4 aromatic rings. The fourth-order valence-corrected chi connectivity index (χ4v) is 12.8. The number of carbonyl (C=O) groups is 1. The third-order valence-electron chi connectivity index (χ3n) is 13.5. The lowest BCUT2D eigenvalue weighted by Crippen LogP contribution is -3.04. The summed E-state index contributed by atoms with van der Waals surface area (Å²) >= 11 is 0. The number of nitrogens with one attached hydrogen (secondary N) is 1. The van der Waals surface area contributed by atoms with Crippen LogP contribution in [-0.2, 0) is 33.0 Å². The minimum atomic E-state index is -1.16. The lowest BCUT2D eigenvalue weighted by molar-refractivity contribution is -0.852. The van der Waals surface area contributed by atoms with E-state index in [0.29, 0.717) is 72.4 Å². The van der Waals surface area contributed by atoms with Crippen LogP contribution in [0.4, 0.5) is 11.6 Å². The Hall–Kier alpha value is -5.09. The van der Waals surface area contributed by atoms with Crippen LogP contribution in [0, 0.1) is 18.8 Å². The second-order valence-electron chi connectivity index (χ2n) is 17.3. The lowest BCUT2D eigenvalue weighted by Gasteiger charge is -2.48. The van der Waals surface area contributed by atoms with Crippen molar-refractivity contribution in [3.05, 3.63) is 104 Å². The number of esters is 1. The van der Waals surface area contributed by atoms with Gasteiger partial charge >= 0.3 is 5.97 Å². The van der Waals surface area contributed by atoms with Gasteiger partial charge in [0.15, 0.2) is 11.0 Å². The van der Waals surface area contributed by atoms with Gasteiger partial charge in [-0.2, -0.15) is 0 Å². The second kappa shape index (κ2) is 14.0. The van der Waals surface area contributed by atoms with E-state index in [1.807, 2.05) is 19.2 Å². The van der Waals surface area contributed by atoms with Gasteiger partial charge in [-0.15, -0.1) is 0 Å². The minimum Gasteiger partial charge on any atom is -0.507 e. The van der Waals surface area contributed by atoms with Gasteiger partial charge in [-0.3, -0.25) is 14.7 Å². The number of phenolic OH excluding ortho intramolecular Hbond substituents is 1. The van der Waals surface area contributed by atoms with Gasteiger partial charge < -0.3 is 35.2 Å². The first-order valence-electron chi connectivity index (χ1n) is 20.6. The van der Waals surface area contributed by atoms with Gasteiger partial charge in [0.25, 0.3) is 0 Å². The molecular weight excluding hydrogens is 801 g/mol. The number of hydrogen-bond acceptors (Lipinski definition) is 14. The molecule has 0 radical (unpaired) electrons. The van der Waals surface area contributed by atoms with Gasteiger partial charge in [0.1, 0.15) is 76.6 Å². The summed E-state index contributed by atoms with van der Waals surface area (Å²) in [6, 6.07) is 9.15. The normalized spacial score (nSPS) is 31.3. The van der Waals surface area contributed by atoms with E-state index in [4.69, 9.17) is 40.1 Å². The molecule has 60 heavy (non-hydrogen) atoms. The number of ether oxygens (including phenoxy) is 3. The first kappa shape index (κ1) is 37.9. The van der Waals surface area contributed by atoms with E-state index < -0.39 is 29.2 Å². The van der Waals surface area contributed by atoms with Crippen molar-refractivity contribution in [2.75, 3.05) is 23.8 Å². The van der Waals surface area contributed by atoms with Crippen molar-refractivity contribution in [2.45, 2.75) is 87.6 Å². The Bertz CT molecular complexity index is 2710. The number of aryl methyl sites for hydroxylation is 2. The number of allylic oxidation sites excluding steroid dienone is 2. The van der Waals surface area contributed by atoms with E-state index in [2.05, 4.69) is 41.6 Å². The second-order valence-corrected chi connectivity index (χ2v) is 19.9. The number of nitrogen functional groups attached to an aromatic ring is 2. The lowest BCUT2D eigenvalue weighted by atomic mass is 9.68. The topological polar surface area (TPSA) is 193 Å². The van der Waals surface area contributed by atoms with Crippen LogP contribution in [0.2, 0.25) is 0 Å². The average Bonchev–Trinajstić information content (AvgIpc) is 3.55. The summed E-state index contributed by atoms with van der Waals surface area (Å²) in [6.45, 7) is 5.16. The van der Waals surface area contributed by atoms with E-state index in [0.717, 1.165) is 46.7 Å². The molecule has 12 rings (SSSR count). The smallest absolute Gasteiger partial charge is 0.342 e. The number of hydrogen-bond donors (Lipinski definition) is 4. The molecule has 0 amide bonds. The Labute approximate surface area is 353 Å². The first-order valence-corrected chi connectivity index (χ1v) is 23.1. The number of benzene rings is 1. The number of nitrogens with zero attached hydrogens (tertiary/aromatic N) is 3. The Kier molecular flexibility index (Phi) is 8.82. The standard InChI is InChI=1S/C45H44N6O7S2/c1-22-13-32(52)38-33(55-22)17-34-39(40(38)53)37-24-4-6-26(7-5-24)45-35(58-45)8-3-23-14-30(50-36(46)15-23)28-16-27(19-51-18-25-9-11-48-31(25)20-51)49-42(47)29(28)21-60-59-12-10-44(2,57-34)41(37)56-43(45)54/h4,6,9,11,13-17,20,24,26,35,37,41,53H,3,5,7-8,10,12,18-19,21H2,1-2H3,(H2,46,50)(H2,47,49)/p+1/t24-,26+,35+,37-,41+,44-,45-/m0/s1. The number of nitrogens with two attached hydrogens (primary N) is 2. The largest absolute Gasteiger partial charge is 0.507 e. The van der Waals surface area contributed by atoms with E-state index >= 15 is 0 Å². The van der Waals surface area contributed by atoms with Crippen LogP contribution in [0.3, 0.4) is 0 Å². The molecule has 0 saturated carbocycles. The van der Waals surface area contributed by atoms with Crippen LogP contribution in [0.25, 0.3) is 22.2 Å². The number of phenols is 1. The van der Waals surface area contributed by atoms with Crippen LogP contribution in [0.5, 0.6) is 11.5 Å². The van der Waals surface area contributed by atoms with E-state index in [-0.39, 0.29) is 40.1 Å². The zero-order chi connectivity index (χ0) is 41.1. The van der Waals surface area contributed by atoms with Crippen LogP contribution >= 0.6 is 21.6 Å². The highest BCUT2D eigenvalue weighted by Gasteiger charge is 2.69. The summed E-state index contributed by atoms with van der Waals surface area (Å²) in [6.07, 6.45) is 12.2.